The van der Waals surface area contributed by atoms with Crippen LogP contribution in [0.4, 0.5) is 0 Å². The maximum absolute atomic E-state index is 10.6. The molecule has 0 radical (unpaired) electrons. The van der Waals surface area contributed by atoms with Gasteiger partial charge in [-0.25, -0.2) is 9.59 Å². The minimum absolute atomic E-state index is 0.304. The second kappa shape index (κ2) is 4.12. The lowest BCUT2D eigenvalue weighted by Crippen LogP contribution is -2.04. The van der Waals surface area contributed by atoms with Gasteiger partial charge in [-0.05, 0) is 0 Å². The fraction of sp³-hybridized carbons (Fsp3) is 0.600. The van der Waals surface area contributed by atoms with Crippen LogP contribution in [0.2, 0.25) is 0 Å². The summed E-state index contributed by atoms with van der Waals surface area (Å²) in [5.41, 5.74) is -0.472. The first-order chi connectivity index (χ1) is 4.57. The summed E-state index contributed by atoms with van der Waals surface area (Å²) in [6.45, 7) is 1.18. The quantitative estimate of drug-likeness (QED) is 0.449. The van der Waals surface area contributed by atoms with Crippen molar-refractivity contribution in [2.45, 2.75) is 6.92 Å². The largest absolute Gasteiger partial charge is 0.466 e. The van der Waals surface area contributed by atoms with Crippen molar-refractivity contribution in [1.29, 1.82) is 0 Å². The van der Waals surface area contributed by atoms with Gasteiger partial charge in [-0.2, -0.15) is 0 Å². The Morgan fingerprint density at radius 1 is 1.50 bits per heavy atom. The molecule has 4 nitrogen and oxygen atoms in total. The summed E-state index contributed by atoms with van der Waals surface area (Å²) in [4.78, 5) is 20.7. The molecule has 0 fully saturated rings. The van der Waals surface area contributed by atoms with E-state index in [0.29, 0.717) is 0 Å². The van der Waals surface area contributed by atoms with Crippen molar-refractivity contribution in [2.24, 2.45) is 0 Å². The Kier molecular flexibility index (Phi) is 3.81. The highest BCUT2D eigenvalue weighted by atomic mass is 31.1. The molecule has 0 spiro atoms. The van der Waals surface area contributed by atoms with Gasteiger partial charge in [0.2, 0.25) is 0 Å². The van der Waals surface area contributed by atoms with Crippen LogP contribution in [0.25, 0.3) is 0 Å². The molecule has 0 saturated heterocycles. The molecule has 0 amide bonds. The predicted molar refractivity (Wildman–Crippen MR) is 35.2 cm³/mol. The molecule has 0 aromatic heterocycles. The predicted octanol–water partition coefficient (Wildman–Crippen LogP) is 0.533. The first-order valence-electron chi connectivity index (χ1n) is 2.60. The van der Waals surface area contributed by atoms with Crippen molar-refractivity contribution in [3.8, 4) is 0 Å². The van der Waals surface area contributed by atoms with Crippen molar-refractivity contribution in [1.82, 2.24) is 0 Å². The van der Waals surface area contributed by atoms with Crippen LogP contribution in [-0.2, 0) is 18.9 Å². The van der Waals surface area contributed by atoms with Crippen molar-refractivity contribution in [3.05, 3.63) is 0 Å². The number of carbonyl (C=O) groups is 2. The van der Waals surface area contributed by atoms with E-state index in [0.717, 1.165) is 0 Å². The smallest absolute Gasteiger partial charge is 0.426 e. The van der Waals surface area contributed by atoms with Gasteiger partial charge < -0.3 is 4.74 Å². The van der Waals surface area contributed by atoms with Crippen molar-refractivity contribution < 1.29 is 18.9 Å². The van der Waals surface area contributed by atoms with Gasteiger partial charge in [-0.15, -0.1) is 0 Å². The normalized spacial score (nSPS) is 10.4. The summed E-state index contributed by atoms with van der Waals surface area (Å²) in [6.07, 6.45) is -0.304. The number of hydrogen-bond acceptors (Lipinski definition) is 4. The molecule has 10 heavy (non-hydrogen) atoms. The van der Waals surface area contributed by atoms with Crippen LogP contribution in [0.15, 0.2) is 0 Å². The monoisotopic (exact) mass is 163 g/mol. The van der Waals surface area contributed by atoms with E-state index < -0.39 is 19.3 Å². The molecule has 0 aliphatic heterocycles. The number of hydrogen-bond donors (Lipinski definition) is 0. The highest BCUT2D eigenvalue weighted by molar-refractivity contribution is 7.64. The molecule has 0 aliphatic carbocycles. The van der Waals surface area contributed by atoms with Crippen molar-refractivity contribution in [2.75, 3.05) is 13.3 Å². The highest BCUT2D eigenvalue weighted by Gasteiger charge is 2.27. The fourth-order valence-corrected chi connectivity index (χ4v) is 0.879. The summed E-state index contributed by atoms with van der Waals surface area (Å²) < 4.78 is 14.8. The Morgan fingerprint density at radius 3 is 2.30 bits per heavy atom. The SMILES string of the molecule is COC(=O)C[P+](=O)C(C)=O. The van der Waals surface area contributed by atoms with E-state index in [9.17, 15) is 14.2 Å². The van der Waals surface area contributed by atoms with Gasteiger partial charge in [0.25, 0.3) is 6.16 Å². The number of rotatable bonds is 3. The van der Waals surface area contributed by atoms with Crippen molar-refractivity contribution in [3.63, 3.8) is 0 Å². The molecular weight excluding hydrogens is 155 g/mol. The van der Waals surface area contributed by atoms with E-state index in [1.807, 2.05) is 0 Å². The number of methoxy groups -OCH3 is 1. The molecule has 0 aromatic carbocycles. The van der Waals surface area contributed by atoms with Crippen LogP contribution in [0.1, 0.15) is 6.92 Å². The highest BCUT2D eigenvalue weighted by Crippen LogP contribution is 2.20. The maximum atomic E-state index is 10.6. The van der Waals surface area contributed by atoms with Gasteiger partial charge in [0.05, 0.1) is 7.11 Å². The lowest BCUT2D eigenvalue weighted by molar-refractivity contribution is -0.137. The minimum atomic E-state index is -2.05. The van der Waals surface area contributed by atoms with Crippen LogP contribution >= 0.6 is 7.80 Å². The van der Waals surface area contributed by atoms with E-state index in [4.69, 9.17) is 0 Å². The second-order valence-corrected chi connectivity index (χ2v) is 3.33. The van der Waals surface area contributed by atoms with Gasteiger partial charge in [-0.3, -0.25) is 0 Å². The van der Waals surface area contributed by atoms with Gasteiger partial charge in [0.1, 0.15) is 0 Å². The third-order valence-corrected chi connectivity index (χ3v) is 2.10. The summed E-state index contributed by atoms with van der Waals surface area (Å²) in [5.74, 6) is -0.615. The standard InChI is InChI=1S/C5H8O4P/c1-4(6)10(8)3-5(7)9-2/h3H2,1-2H3/q+1. The summed E-state index contributed by atoms with van der Waals surface area (Å²) in [5, 5.41) is 0. The molecule has 5 heteroatoms. The first kappa shape index (κ1) is 9.24. The zero-order chi connectivity index (χ0) is 8.15. The van der Waals surface area contributed by atoms with Crippen LogP contribution in [0.5, 0.6) is 0 Å². The molecule has 0 N–H and O–H groups in total. The molecule has 56 valence electrons. The topological polar surface area (TPSA) is 60.4 Å². The Hall–Kier alpha value is -0.760. The number of esters is 1. The minimum Gasteiger partial charge on any atom is -0.466 e. The van der Waals surface area contributed by atoms with Gasteiger partial charge in [-0.1, -0.05) is 4.57 Å². The molecule has 1 unspecified atom stereocenters. The Morgan fingerprint density at radius 2 is 2.00 bits per heavy atom. The zero-order valence-corrected chi connectivity index (χ0v) is 6.68. The third-order valence-electron chi connectivity index (χ3n) is 0.852. The molecular formula is C5H8O4P+. The van der Waals surface area contributed by atoms with E-state index in [2.05, 4.69) is 4.74 Å². The summed E-state index contributed by atoms with van der Waals surface area (Å²) >= 11 is 0. The summed E-state index contributed by atoms with van der Waals surface area (Å²) in [7, 11) is -0.862. The van der Waals surface area contributed by atoms with Crippen molar-refractivity contribution >= 4 is 19.3 Å². The van der Waals surface area contributed by atoms with E-state index >= 15 is 0 Å². The first-order valence-corrected chi connectivity index (χ1v) is 4.04. The molecule has 0 bridgehead atoms. The molecule has 0 saturated carbocycles. The zero-order valence-electron chi connectivity index (χ0n) is 5.79. The van der Waals surface area contributed by atoms with Crippen LogP contribution in [0.3, 0.4) is 0 Å². The lowest BCUT2D eigenvalue weighted by Gasteiger charge is -1.85. The number of carbonyl (C=O) groups excluding carboxylic acids is 2. The van der Waals surface area contributed by atoms with E-state index in [1.54, 1.807) is 0 Å². The molecule has 0 aliphatic rings. The number of ether oxygens (including phenoxy) is 1. The Bertz CT molecular complexity index is 174. The van der Waals surface area contributed by atoms with Crippen LogP contribution < -0.4 is 0 Å². The van der Waals surface area contributed by atoms with Gasteiger partial charge in [0.15, 0.2) is 0 Å². The van der Waals surface area contributed by atoms with Gasteiger partial charge >= 0.3 is 19.3 Å². The molecule has 1 atom stereocenters. The summed E-state index contributed by atoms with van der Waals surface area (Å²) in [6, 6.07) is 0. The average Bonchev–Trinajstić information content (AvgIpc) is 1.87. The van der Waals surface area contributed by atoms with Crippen LogP contribution in [0, 0.1) is 0 Å². The lowest BCUT2D eigenvalue weighted by atomic mass is 10.8. The average molecular weight is 163 g/mol. The third kappa shape index (κ3) is 3.30. The van der Waals surface area contributed by atoms with E-state index in [-0.39, 0.29) is 6.16 Å². The Labute approximate surface area is 59.3 Å². The maximum Gasteiger partial charge on any atom is 0.426 e. The second-order valence-electron chi connectivity index (χ2n) is 1.63. The van der Waals surface area contributed by atoms with Gasteiger partial charge in [0, 0.05) is 6.92 Å². The fourth-order valence-electron chi connectivity index (χ4n) is 0.293. The molecule has 0 heterocycles. The van der Waals surface area contributed by atoms with Crippen LogP contribution in [-0.4, -0.2) is 24.8 Å². The van der Waals surface area contributed by atoms with E-state index in [1.165, 1.54) is 14.0 Å². The molecule has 0 rings (SSSR count). The Balaban J connectivity index is 3.80. The molecule has 0 aromatic rings.